The van der Waals surface area contributed by atoms with Gasteiger partial charge >= 0.3 is 0 Å². The van der Waals surface area contributed by atoms with E-state index in [1.807, 2.05) is 42.5 Å². The standard InChI is InChI=1S/C26H22O3/c1-2-24(27)18-25(28)15-10-20-11-16-26(17-12-20)29-19-21-8-13-23(14-9-21)22-6-4-3-5-7-22/h2-17H,1,18-19H2. The van der Waals surface area contributed by atoms with Crippen LogP contribution < -0.4 is 4.74 Å². The smallest absolute Gasteiger partial charge is 0.163 e. The minimum atomic E-state index is -0.278. The molecule has 0 radical (unpaired) electrons. The Hall–Kier alpha value is -3.72. The molecule has 3 nitrogen and oxygen atoms in total. The highest BCUT2D eigenvalue weighted by Crippen LogP contribution is 2.20. The molecule has 0 unspecified atom stereocenters. The van der Waals surface area contributed by atoms with Crippen LogP contribution in [0.4, 0.5) is 0 Å². The molecule has 29 heavy (non-hydrogen) atoms. The predicted molar refractivity (Wildman–Crippen MR) is 117 cm³/mol. The van der Waals surface area contributed by atoms with Crippen LogP contribution in [0.15, 0.2) is 97.6 Å². The average Bonchev–Trinajstić information content (AvgIpc) is 2.78. The molecule has 144 valence electrons. The van der Waals surface area contributed by atoms with E-state index in [9.17, 15) is 9.59 Å². The lowest BCUT2D eigenvalue weighted by Crippen LogP contribution is -2.01. The number of benzene rings is 3. The third-order valence-corrected chi connectivity index (χ3v) is 4.38. The molecule has 0 spiro atoms. The second-order valence-corrected chi connectivity index (χ2v) is 6.57. The van der Waals surface area contributed by atoms with Gasteiger partial charge in [0, 0.05) is 0 Å². The minimum absolute atomic E-state index is 0.149. The predicted octanol–water partition coefficient (Wildman–Crippen LogP) is 5.66. The fourth-order valence-electron chi connectivity index (χ4n) is 2.76. The maximum atomic E-state index is 11.6. The van der Waals surface area contributed by atoms with E-state index in [4.69, 9.17) is 4.74 Å². The van der Waals surface area contributed by atoms with Crippen molar-refractivity contribution in [2.45, 2.75) is 13.0 Å². The van der Waals surface area contributed by atoms with Gasteiger partial charge in [-0.15, -0.1) is 0 Å². The van der Waals surface area contributed by atoms with Crippen LogP contribution in [0, 0.1) is 0 Å². The molecule has 0 saturated carbocycles. The van der Waals surface area contributed by atoms with Crippen molar-refractivity contribution < 1.29 is 14.3 Å². The zero-order valence-corrected chi connectivity index (χ0v) is 16.1. The van der Waals surface area contributed by atoms with E-state index in [1.54, 1.807) is 6.08 Å². The van der Waals surface area contributed by atoms with Crippen LogP contribution in [0.1, 0.15) is 17.5 Å². The lowest BCUT2D eigenvalue weighted by Gasteiger charge is -2.08. The van der Waals surface area contributed by atoms with Crippen molar-refractivity contribution in [3.05, 3.63) is 109 Å². The van der Waals surface area contributed by atoms with Crippen LogP contribution in [0.2, 0.25) is 0 Å². The first kappa shape index (κ1) is 20.0. The van der Waals surface area contributed by atoms with Crippen molar-refractivity contribution in [3.63, 3.8) is 0 Å². The number of ketones is 2. The van der Waals surface area contributed by atoms with Gasteiger partial charge in [-0.3, -0.25) is 9.59 Å². The molecule has 0 saturated heterocycles. The van der Waals surface area contributed by atoms with Crippen molar-refractivity contribution in [3.8, 4) is 16.9 Å². The van der Waals surface area contributed by atoms with Crippen LogP contribution in [0.3, 0.4) is 0 Å². The molecule has 0 aliphatic carbocycles. The highest BCUT2D eigenvalue weighted by atomic mass is 16.5. The zero-order valence-electron chi connectivity index (χ0n) is 16.1. The molecule has 0 aliphatic heterocycles. The molecule has 0 fully saturated rings. The largest absolute Gasteiger partial charge is 0.489 e. The van der Waals surface area contributed by atoms with Crippen LogP contribution in [0.5, 0.6) is 5.75 Å². The monoisotopic (exact) mass is 382 g/mol. The number of ether oxygens (including phenoxy) is 1. The van der Waals surface area contributed by atoms with E-state index < -0.39 is 0 Å². The maximum Gasteiger partial charge on any atom is 0.163 e. The van der Waals surface area contributed by atoms with E-state index in [-0.39, 0.29) is 18.0 Å². The lowest BCUT2D eigenvalue weighted by molar-refractivity contribution is -0.121. The Morgan fingerprint density at radius 2 is 1.45 bits per heavy atom. The van der Waals surface area contributed by atoms with Gasteiger partial charge in [0.25, 0.3) is 0 Å². The van der Waals surface area contributed by atoms with E-state index in [0.29, 0.717) is 6.61 Å². The van der Waals surface area contributed by atoms with E-state index >= 15 is 0 Å². The lowest BCUT2D eigenvalue weighted by atomic mass is 10.0. The molecule has 0 bridgehead atoms. The van der Waals surface area contributed by atoms with Crippen LogP contribution >= 0.6 is 0 Å². The number of hydrogen-bond acceptors (Lipinski definition) is 3. The van der Waals surface area contributed by atoms with Crippen molar-refractivity contribution in [2.24, 2.45) is 0 Å². The van der Waals surface area contributed by atoms with Gasteiger partial charge < -0.3 is 4.74 Å². The highest BCUT2D eigenvalue weighted by molar-refractivity contribution is 6.09. The summed E-state index contributed by atoms with van der Waals surface area (Å²) in [6.45, 7) is 3.84. The first-order valence-corrected chi connectivity index (χ1v) is 9.37. The molecule has 3 aromatic carbocycles. The van der Waals surface area contributed by atoms with Gasteiger partial charge in [0.2, 0.25) is 0 Å². The summed E-state index contributed by atoms with van der Waals surface area (Å²) in [6.07, 6.45) is 4.10. The average molecular weight is 382 g/mol. The van der Waals surface area contributed by atoms with Crippen LogP contribution in [-0.2, 0) is 16.2 Å². The van der Waals surface area contributed by atoms with E-state index in [0.717, 1.165) is 23.0 Å². The summed E-state index contributed by atoms with van der Waals surface area (Å²) in [7, 11) is 0. The van der Waals surface area contributed by atoms with Crippen LogP contribution in [0.25, 0.3) is 17.2 Å². The quantitative estimate of drug-likeness (QED) is 0.354. The summed E-state index contributed by atoms with van der Waals surface area (Å²) in [4.78, 5) is 22.8. The van der Waals surface area contributed by atoms with Crippen molar-refractivity contribution in [2.75, 3.05) is 0 Å². The highest BCUT2D eigenvalue weighted by Gasteiger charge is 2.03. The fraction of sp³-hybridized carbons (Fsp3) is 0.0769. The van der Waals surface area contributed by atoms with Gasteiger partial charge in [0.05, 0.1) is 6.42 Å². The Labute approximate surface area is 171 Å². The number of hydrogen-bond donors (Lipinski definition) is 0. The Bertz CT molecular complexity index is 998. The molecule has 0 aromatic heterocycles. The molecule has 0 N–H and O–H groups in total. The number of allylic oxidation sites excluding steroid dienone is 2. The Morgan fingerprint density at radius 1 is 0.793 bits per heavy atom. The van der Waals surface area contributed by atoms with Crippen LogP contribution in [-0.4, -0.2) is 11.6 Å². The molecular formula is C26H22O3. The molecule has 3 heteroatoms. The summed E-state index contributed by atoms with van der Waals surface area (Å²) in [5.74, 6) is 0.233. The first-order chi connectivity index (χ1) is 14.1. The normalized spacial score (nSPS) is 10.6. The molecule has 3 aromatic rings. The Balaban J connectivity index is 1.53. The SMILES string of the molecule is C=CC(=O)CC(=O)C=Cc1ccc(OCc2ccc(-c3ccccc3)cc2)cc1. The molecule has 0 heterocycles. The summed E-state index contributed by atoms with van der Waals surface area (Å²) < 4.78 is 5.84. The van der Waals surface area contributed by atoms with Gasteiger partial charge in [-0.2, -0.15) is 0 Å². The maximum absolute atomic E-state index is 11.6. The van der Waals surface area contributed by atoms with Gasteiger partial charge in [0.15, 0.2) is 11.6 Å². The molecule has 0 atom stereocenters. The molecule has 0 amide bonds. The topological polar surface area (TPSA) is 43.4 Å². The summed E-state index contributed by atoms with van der Waals surface area (Å²) in [5.41, 5.74) is 4.32. The molecular weight excluding hydrogens is 360 g/mol. The molecule has 0 aliphatic rings. The van der Waals surface area contributed by atoms with Gasteiger partial charge in [-0.1, -0.05) is 79.4 Å². The summed E-state index contributed by atoms with van der Waals surface area (Å²) in [6, 6.07) is 26.0. The summed E-state index contributed by atoms with van der Waals surface area (Å²) in [5, 5.41) is 0. The Morgan fingerprint density at radius 3 is 2.10 bits per heavy atom. The first-order valence-electron chi connectivity index (χ1n) is 9.37. The minimum Gasteiger partial charge on any atom is -0.489 e. The fourth-order valence-corrected chi connectivity index (χ4v) is 2.76. The third kappa shape index (κ3) is 6.15. The second-order valence-electron chi connectivity index (χ2n) is 6.57. The number of carbonyl (C=O) groups is 2. The summed E-state index contributed by atoms with van der Waals surface area (Å²) >= 11 is 0. The second kappa shape index (κ2) is 10.00. The van der Waals surface area contributed by atoms with Gasteiger partial charge in [0.1, 0.15) is 12.4 Å². The number of carbonyl (C=O) groups excluding carboxylic acids is 2. The van der Waals surface area contributed by atoms with E-state index in [1.165, 1.54) is 17.2 Å². The van der Waals surface area contributed by atoms with Crippen molar-refractivity contribution in [1.82, 2.24) is 0 Å². The molecule has 3 rings (SSSR count). The Kier molecular flexibility index (Phi) is 6.90. The van der Waals surface area contributed by atoms with Gasteiger partial charge in [-0.05, 0) is 46.5 Å². The number of rotatable bonds is 9. The zero-order chi connectivity index (χ0) is 20.5. The third-order valence-electron chi connectivity index (χ3n) is 4.38. The van der Waals surface area contributed by atoms with Crippen molar-refractivity contribution >= 4 is 17.6 Å². The van der Waals surface area contributed by atoms with E-state index in [2.05, 4.69) is 43.0 Å². The van der Waals surface area contributed by atoms with Crippen molar-refractivity contribution in [1.29, 1.82) is 0 Å². The van der Waals surface area contributed by atoms with Gasteiger partial charge in [-0.25, -0.2) is 0 Å².